The topological polar surface area (TPSA) is 21.2 Å². The number of fused-ring (bicyclic) bond motifs is 8. The van der Waals surface area contributed by atoms with Crippen LogP contribution in [0.5, 0.6) is 0 Å². The van der Waals surface area contributed by atoms with Gasteiger partial charge in [-0.3, -0.25) is 4.98 Å². The Morgan fingerprint density at radius 1 is 0.862 bits per heavy atom. The predicted molar refractivity (Wildman–Crippen MR) is 122 cm³/mol. The first kappa shape index (κ1) is 18.1. The molecule has 0 radical (unpaired) electrons. The molecule has 3 heteroatoms. The fourth-order valence-corrected chi connectivity index (χ4v) is 4.93. The average molecular weight is 383 g/mol. The normalized spacial score (nSPS) is 12.4. The summed E-state index contributed by atoms with van der Waals surface area (Å²) in [5, 5.41) is 2.53. The maximum atomic E-state index is 4.91. The van der Waals surface area contributed by atoms with Crippen molar-refractivity contribution >= 4 is 38.5 Å². The molecule has 0 unspecified atom stereocenters. The number of aromatic nitrogens is 3. The van der Waals surface area contributed by atoms with Crippen LogP contribution in [0, 0.1) is 6.92 Å². The summed E-state index contributed by atoms with van der Waals surface area (Å²) in [5.74, 6) is 0.882. The number of imidazole rings is 1. The maximum Gasteiger partial charge on any atom is 0.297 e. The van der Waals surface area contributed by atoms with Gasteiger partial charge in [0.2, 0.25) is 0 Å². The summed E-state index contributed by atoms with van der Waals surface area (Å²) >= 11 is 0. The molecule has 0 amide bonds. The maximum absolute atomic E-state index is 4.91. The third-order valence-corrected chi connectivity index (χ3v) is 6.34. The zero-order valence-electron chi connectivity index (χ0n) is 18.1. The highest BCUT2D eigenvalue weighted by Gasteiger charge is 2.28. The highest BCUT2D eigenvalue weighted by atomic mass is 15.1. The van der Waals surface area contributed by atoms with Crippen LogP contribution in [-0.2, 0) is 7.05 Å². The van der Waals surface area contributed by atoms with Crippen LogP contribution in [0.1, 0.15) is 56.2 Å². The van der Waals surface area contributed by atoms with Crippen LogP contribution < -0.4 is 4.57 Å². The molecule has 0 spiro atoms. The summed E-state index contributed by atoms with van der Waals surface area (Å²) < 4.78 is 4.84. The molecular weight excluding hydrogens is 354 g/mol. The van der Waals surface area contributed by atoms with Crippen LogP contribution in [0.4, 0.5) is 0 Å². The summed E-state index contributed by atoms with van der Waals surface area (Å²) in [7, 11) is 2.19. The Labute approximate surface area is 171 Å². The molecule has 0 aliphatic carbocycles. The van der Waals surface area contributed by atoms with E-state index in [1.54, 1.807) is 0 Å². The highest BCUT2D eigenvalue weighted by Crippen LogP contribution is 2.37. The van der Waals surface area contributed by atoms with E-state index in [0.717, 1.165) is 5.52 Å². The second-order valence-electron chi connectivity index (χ2n) is 8.84. The van der Waals surface area contributed by atoms with Crippen molar-refractivity contribution in [2.45, 2.75) is 46.5 Å². The first-order chi connectivity index (χ1) is 13.9. The van der Waals surface area contributed by atoms with Crippen molar-refractivity contribution in [1.29, 1.82) is 0 Å². The van der Waals surface area contributed by atoms with Crippen LogP contribution in [-0.4, -0.2) is 9.38 Å². The lowest BCUT2D eigenvalue weighted by atomic mass is 9.95. The molecule has 0 fully saturated rings. The number of rotatable bonds is 2. The standard InChI is InChI=1S/C26H28N3/c1-15(2)18-9-7-11-20-23(18)24-22(17(5)13-14-27-24)26-28(6)21-12-8-10-19(16(3)4)25(21)29(20)26/h7-16H,1-6H3/q+1. The molecule has 0 N–H and O–H groups in total. The Morgan fingerprint density at radius 2 is 1.55 bits per heavy atom. The van der Waals surface area contributed by atoms with E-state index in [-0.39, 0.29) is 0 Å². The SMILES string of the molecule is Cc1ccnc2c3c(C(C)C)cccc3n3c4c(C(C)C)cccc4[n+](C)c3c12. The number of para-hydroxylation sites is 1. The Hall–Kier alpha value is -2.94. The van der Waals surface area contributed by atoms with Gasteiger partial charge in [0.1, 0.15) is 5.52 Å². The molecule has 5 rings (SSSR count). The van der Waals surface area contributed by atoms with Gasteiger partial charge in [0.15, 0.2) is 11.0 Å². The second kappa shape index (κ2) is 6.28. The minimum Gasteiger partial charge on any atom is -0.255 e. The quantitative estimate of drug-likeness (QED) is 0.264. The lowest BCUT2D eigenvalue weighted by molar-refractivity contribution is -0.617. The van der Waals surface area contributed by atoms with Gasteiger partial charge in [0, 0.05) is 11.8 Å². The van der Waals surface area contributed by atoms with Gasteiger partial charge in [-0.25, -0.2) is 4.57 Å². The molecule has 0 bridgehead atoms. The third kappa shape index (κ3) is 2.37. The Morgan fingerprint density at radius 3 is 2.28 bits per heavy atom. The number of hydrogen-bond donors (Lipinski definition) is 0. The van der Waals surface area contributed by atoms with Crippen molar-refractivity contribution in [3.63, 3.8) is 0 Å². The largest absolute Gasteiger partial charge is 0.297 e. The van der Waals surface area contributed by atoms with Gasteiger partial charge in [-0.05, 0) is 48.1 Å². The minimum atomic E-state index is 0.432. The number of hydrogen-bond acceptors (Lipinski definition) is 1. The monoisotopic (exact) mass is 382 g/mol. The predicted octanol–water partition coefficient (Wildman–Crippen LogP) is 6.17. The molecule has 3 heterocycles. The van der Waals surface area contributed by atoms with E-state index < -0.39 is 0 Å². The van der Waals surface area contributed by atoms with Gasteiger partial charge in [-0.2, -0.15) is 4.40 Å². The summed E-state index contributed by atoms with van der Waals surface area (Å²) in [4.78, 5) is 4.91. The summed E-state index contributed by atoms with van der Waals surface area (Å²) in [6.45, 7) is 11.3. The van der Waals surface area contributed by atoms with Gasteiger partial charge < -0.3 is 0 Å². The fraction of sp³-hybridized carbons (Fsp3) is 0.308. The average Bonchev–Trinajstić information content (AvgIpc) is 3.00. The van der Waals surface area contributed by atoms with E-state index in [1.807, 2.05) is 6.20 Å². The van der Waals surface area contributed by atoms with Crippen molar-refractivity contribution in [2.75, 3.05) is 0 Å². The van der Waals surface area contributed by atoms with Crippen LogP contribution in [0.2, 0.25) is 0 Å². The van der Waals surface area contributed by atoms with E-state index in [0.29, 0.717) is 11.8 Å². The molecule has 0 atom stereocenters. The van der Waals surface area contributed by atoms with E-state index in [9.17, 15) is 0 Å². The lowest BCUT2D eigenvalue weighted by Crippen LogP contribution is -2.27. The zero-order chi connectivity index (χ0) is 20.4. The molecule has 3 aromatic heterocycles. The first-order valence-electron chi connectivity index (χ1n) is 10.5. The molecule has 29 heavy (non-hydrogen) atoms. The number of benzene rings is 2. The molecule has 0 saturated heterocycles. The van der Waals surface area contributed by atoms with E-state index in [1.165, 1.54) is 49.7 Å². The molecule has 3 nitrogen and oxygen atoms in total. The van der Waals surface area contributed by atoms with Gasteiger partial charge >= 0.3 is 0 Å². The molecular formula is C26H28N3+. The summed E-state index contributed by atoms with van der Waals surface area (Å²) in [5.41, 5.74) is 10.2. The Bertz CT molecular complexity index is 1420. The number of nitrogens with zero attached hydrogens (tertiary/aromatic N) is 3. The van der Waals surface area contributed by atoms with Crippen LogP contribution in [0.3, 0.4) is 0 Å². The minimum absolute atomic E-state index is 0.432. The molecule has 0 aliphatic heterocycles. The Kier molecular flexibility index (Phi) is 3.92. The highest BCUT2D eigenvalue weighted by molar-refractivity contribution is 6.13. The molecule has 0 aliphatic rings. The van der Waals surface area contributed by atoms with Crippen molar-refractivity contribution in [3.8, 4) is 0 Å². The summed E-state index contributed by atoms with van der Waals surface area (Å²) in [6.07, 6.45) is 1.95. The first-order valence-corrected chi connectivity index (χ1v) is 10.5. The second-order valence-corrected chi connectivity index (χ2v) is 8.84. The zero-order valence-corrected chi connectivity index (χ0v) is 18.1. The van der Waals surface area contributed by atoms with E-state index in [2.05, 4.69) is 93.1 Å². The molecule has 5 aromatic rings. The van der Waals surface area contributed by atoms with Crippen molar-refractivity contribution in [3.05, 3.63) is 65.4 Å². The van der Waals surface area contributed by atoms with Crippen LogP contribution >= 0.6 is 0 Å². The fourth-order valence-electron chi connectivity index (χ4n) is 4.93. The lowest BCUT2D eigenvalue weighted by Gasteiger charge is -2.13. The van der Waals surface area contributed by atoms with E-state index >= 15 is 0 Å². The van der Waals surface area contributed by atoms with Gasteiger partial charge in [-0.15, -0.1) is 0 Å². The molecule has 146 valence electrons. The van der Waals surface area contributed by atoms with Gasteiger partial charge in [-0.1, -0.05) is 52.0 Å². The van der Waals surface area contributed by atoms with Crippen LogP contribution in [0.25, 0.3) is 38.5 Å². The smallest absolute Gasteiger partial charge is 0.255 e. The summed E-state index contributed by atoms with van der Waals surface area (Å²) in [6, 6.07) is 15.6. The van der Waals surface area contributed by atoms with Crippen molar-refractivity contribution in [1.82, 2.24) is 9.38 Å². The molecule has 0 saturated carbocycles. The van der Waals surface area contributed by atoms with Gasteiger partial charge in [0.25, 0.3) is 5.65 Å². The van der Waals surface area contributed by atoms with Crippen molar-refractivity contribution in [2.24, 2.45) is 7.05 Å². The molecule has 2 aromatic carbocycles. The van der Waals surface area contributed by atoms with E-state index in [4.69, 9.17) is 4.98 Å². The van der Waals surface area contributed by atoms with Crippen molar-refractivity contribution < 1.29 is 4.57 Å². The number of aryl methyl sites for hydroxylation is 2. The van der Waals surface area contributed by atoms with Crippen LogP contribution in [0.15, 0.2) is 48.7 Å². The number of pyridine rings is 2. The Balaban J connectivity index is 2.24. The third-order valence-electron chi connectivity index (χ3n) is 6.34. The van der Waals surface area contributed by atoms with Gasteiger partial charge in [0.05, 0.1) is 23.3 Å².